The Bertz CT molecular complexity index is 758. The van der Waals surface area contributed by atoms with Crippen LogP contribution in [0.15, 0.2) is 23.8 Å². The lowest BCUT2D eigenvalue weighted by Gasteiger charge is -2.60. The molecule has 4 unspecified atom stereocenters. The van der Waals surface area contributed by atoms with E-state index in [4.69, 9.17) is 9.47 Å². The number of esters is 2. The predicted molar refractivity (Wildman–Crippen MR) is 128 cm³/mol. The lowest BCUT2D eigenvalue weighted by Crippen LogP contribution is -2.58. The van der Waals surface area contributed by atoms with Crippen molar-refractivity contribution in [2.75, 3.05) is 13.2 Å². The summed E-state index contributed by atoms with van der Waals surface area (Å²) in [6.07, 6.45) is 4.94. The van der Waals surface area contributed by atoms with Gasteiger partial charge in [0.1, 0.15) is 6.61 Å². The van der Waals surface area contributed by atoms with Gasteiger partial charge >= 0.3 is 11.9 Å². The van der Waals surface area contributed by atoms with Gasteiger partial charge < -0.3 is 19.7 Å². The normalized spacial score (nSPS) is 35.5. The van der Waals surface area contributed by atoms with Crippen molar-refractivity contribution in [3.63, 3.8) is 0 Å². The van der Waals surface area contributed by atoms with Crippen molar-refractivity contribution >= 4 is 11.9 Å². The first-order valence-corrected chi connectivity index (χ1v) is 12.3. The Morgan fingerprint density at radius 1 is 1.21 bits per heavy atom. The third-order valence-corrected chi connectivity index (χ3v) is 8.25. The van der Waals surface area contributed by atoms with Crippen molar-refractivity contribution in [3.05, 3.63) is 23.8 Å². The number of carbonyl (C=O) groups excluding carboxylic acids is 2. The SMILES string of the molecule is C=C1C(O)CC2[C@@](C)(COC(C)=O)CC(O)C[C@]2(C)[C@H]1CC/C(C)=C/COC(=O)C(C)CC. The minimum atomic E-state index is -0.610. The van der Waals surface area contributed by atoms with E-state index < -0.39 is 17.6 Å². The molecule has 0 bridgehead atoms. The molecular weight excluding hydrogens is 420 g/mol. The molecule has 6 heteroatoms. The Balaban J connectivity index is 2.15. The summed E-state index contributed by atoms with van der Waals surface area (Å²) in [6, 6.07) is 0. The van der Waals surface area contributed by atoms with E-state index in [1.54, 1.807) is 0 Å². The van der Waals surface area contributed by atoms with Crippen LogP contribution in [0.1, 0.15) is 80.1 Å². The minimum Gasteiger partial charge on any atom is -0.465 e. The summed E-state index contributed by atoms with van der Waals surface area (Å²) in [6.45, 7) is 16.3. The number of rotatable bonds is 9. The van der Waals surface area contributed by atoms with Crippen molar-refractivity contribution < 1.29 is 29.3 Å². The third-order valence-electron chi connectivity index (χ3n) is 8.25. The van der Waals surface area contributed by atoms with Gasteiger partial charge in [0.2, 0.25) is 0 Å². The summed E-state index contributed by atoms with van der Waals surface area (Å²) >= 11 is 0. The van der Waals surface area contributed by atoms with Crippen LogP contribution in [0.25, 0.3) is 0 Å². The molecule has 0 aliphatic heterocycles. The molecule has 0 aromatic carbocycles. The van der Waals surface area contributed by atoms with Gasteiger partial charge in [-0.05, 0) is 74.3 Å². The van der Waals surface area contributed by atoms with E-state index in [1.807, 2.05) is 26.8 Å². The molecule has 0 aromatic heterocycles. The van der Waals surface area contributed by atoms with Gasteiger partial charge in [-0.1, -0.05) is 39.8 Å². The fourth-order valence-corrected chi connectivity index (χ4v) is 6.16. The van der Waals surface area contributed by atoms with Crippen molar-refractivity contribution in [2.45, 2.75) is 92.3 Å². The van der Waals surface area contributed by atoms with Crippen molar-refractivity contribution in [1.82, 2.24) is 0 Å². The quantitative estimate of drug-likeness (QED) is 0.383. The van der Waals surface area contributed by atoms with Crippen LogP contribution < -0.4 is 0 Å². The first-order valence-electron chi connectivity index (χ1n) is 12.3. The molecule has 6 nitrogen and oxygen atoms in total. The first kappa shape index (κ1) is 27.6. The highest BCUT2D eigenvalue weighted by molar-refractivity contribution is 5.71. The van der Waals surface area contributed by atoms with E-state index in [0.717, 1.165) is 30.4 Å². The molecule has 2 aliphatic rings. The summed E-state index contributed by atoms with van der Waals surface area (Å²) in [5, 5.41) is 21.7. The number of allylic oxidation sites excluding steroid dienone is 1. The van der Waals surface area contributed by atoms with Crippen LogP contribution in [0.5, 0.6) is 0 Å². The van der Waals surface area contributed by atoms with Crippen LogP contribution in [0.3, 0.4) is 0 Å². The molecule has 0 radical (unpaired) electrons. The molecule has 0 spiro atoms. The number of hydrogen-bond donors (Lipinski definition) is 2. The van der Waals surface area contributed by atoms with E-state index >= 15 is 0 Å². The Kier molecular flexibility index (Phi) is 9.34. The van der Waals surface area contributed by atoms with Gasteiger partial charge in [-0.3, -0.25) is 9.59 Å². The van der Waals surface area contributed by atoms with Gasteiger partial charge in [0.25, 0.3) is 0 Å². The third kappa shape index (κ3) is 6.48. The molecule has 0 heterocycles. The maximum Gasteiger partial charge on any atom is 0.308 e. The Morgan fingerprint density at radius 2 is 1.88 bits per heavy atom. The smallest absolute Gasteiger partial charge is 0.308 e. The van der Waals surface area contributed by atoms with Gasteiger partial charge in [0, 0.05) is 12.3 Å². The van der Waals surface area contributed by atoms with Crippen LogP contribution >= 0.6 is 0 Å². The van der Waals surface area contributed by atoms with Crippen molar-refractivity contribution in [3.8, 4) is 0 Å². The van der Waals surface area contributed by atoms with Gasteiger partial charge in [-0.15, -0.1) is 0 Å². The molecule has 33 heavy (non-hydrogen) atoms. The average molecular weight is 465 g/mol. The highest BCUT2D eigenvalue weighted by Crippen LogP contribution is 2.62. The fraction of sp³-hybridized carbons (Fsp3) is 0.778. The molecule has 2 rings (SSSR count). The van der Waals surface area contributed by atoms with Gasteiger partial charge in [-0.2, -0.15) is 0 Å². The Labute approximate surface area is 199 Å². The molecule has 2 N–H and O–H groups in total. The second-order valence-electron chi connectivity index (χ2n) is 11.0. The standard InChI is InChI=1S/C27H44O6/c1-8-18(3)25(31)32-12-11-17(2)9-10-22-19(4)23(30)13-24-26(6,16-33-20(5)28)14-21(29)15-27(22,24)7/h11,18,21-24,29-30H,4,8-10,12-16H2,1-3,5-7H3/b17-11+/t18?,21?,22-,23?,24?,26+,27+/m0/s1. The maximum absolute atomic E-state index is 11.9. The first-order chi connectivity index (χ1) is 15.3. The monoisotopic (exact) mass is 464 g/mol. The fourth-order valence-electron chi connectivity index (χ4n) is 6.16. The molecule has 0 aromatic rings. The molecule has 2 fully saturated rings. The Morgan fingerprint density at radius 3 is 2.48 bits per heavy atom. The highest BCUT2D eigenvalue weighted by Gasteiger charge is 2.58. The zero-order valence-corrected chi connectivity index (χ0v) is 21.4. The van der Waals surface area contributed by atoms with Crippen molar-refractivity contribution in [1.29, 1.82) is 0 Å². The molecular formula is C27H44O6. The summed E-state index contributed by atoms with van der Waals surface area (Å²) in [4.78, 5) is 23.4. The van der Waals surface area contributed by atoms with E-state index in [-0.39, 0.29) is 48.3 Å². The molecule has 2 saturated carbocycles. The zero-order chi connectivity index (χ0) is 25.0. The number of fused-ring (bicyclic) bond motifs is 1. The summed E-state index contributed by atoms with van der Waals surface area (Å²) < 4.78 is 10.7. The highest BCUT2D eigenvalue weighted by atomic mass is 16.5. The summed E-state index contributed by atoms with van der Waals surface area (Å²) in [7, 11) is 0. The van der Waals surface area contributed by atoms with Crippen molar-refractivity contribution in [2.24, 2.45) is 28.6 Å². The second-order valence-corrected chi connectivity index (χ2v) is 11.0. The molecule has 188 valence electrons. The number of carbonyl (C=O) groups is 2. The van der Waals surface area contributed by atoms with Crippen LogP contribution in [-0.2, 0) is 19.1 Å². The van der Waals surface area contributed by atoms with Crippen LogP contribution in [0.4, 0.5) is 0 Å². The number of aliphatic hydroxyl groups excluding tert-OH is 2. The van der Waals surface area contributed by atoms with Crippen LogP contribution in [0, 0.1) is 28.6 Å². The maximum atomic E-state index is 11.9. The minimum absolute atomic E-state index is 0.0314. The lowest BCUT2D eigenvalue weighted by atomic mass is 9.45. The second kappa shape index (κ2) is 11.2. The summed E-state index contributed by atoms with van der Waals surface area (Å²) in [5.74, 6) is -0.474. The molecule has 7 atom stereocenters. The largest absolute Gasteiger partial charge is 0.465 e. The number of aliphatic hydroxyl groups is 2. The topological polar surface area (TPSA) is 93.1 Å². The van der Waals surface area contributed by atoms with E-state index in [2.05, 4.69) is 20.4 Å². The van der Waals surface area contributed by atoms with Gasteiger partial charge in [-0.25, -0.2) is 0 Å². The lowest BCUT2D eigenvalue weighted by molar-refractivity contribution is -0.167. The van der Waals surface area contributed by atoms with Crippen LogP contribution in [0.2, 0.25) is 0 Å². The van der Waals surface area contributed by atoms with Crippen LogP contribution in [-0.4, -0.2) is 47.6 Å². The van der Waals surface area contributed by atoms with Gasteiger partial charge in [0.15, 0.2) is 0 Å². The van der Waals surface area contributed by atoms with E-state index in [9.17, 15) is 19.8 Å². The molecule has 0 saturated heterocycles. The number of ether oxygens (including phenoxy) is 2. The molecule has 2 aliphatic carbocycles. The summed E-state index contributed by atoms with van der Waals surface area (Å²) in [5.41, 5.74) is 1.28. The van der Waals surface area contributed by atoms with Gasteiger partial charge in [0.05, 0.1) is 24.7 Å². The Hall–Kier alpha value is -1.66. The van der Waals surface area contributed by atoms with E-state index in [1.165, 1.54) is 6.92 Å². The molecule has 0 amide bonds. The predicted octanol–water partition coefficient (Wildman–Crippen LogP) is 4.59. The number of hydrogen-bond acceptors (Lipinski definition) is 6. The van der Waals surface area contributed by atoms with E-state index in [0.29, 0.717) is 19.3 Å². The zero-order valence-electron chi connectivity index (χ0n) is 21.4. The average Bonchev–Trinajstić information content (AvgIpc) is 2.73.